The van der Waals surface area contributed by atoms with E-state index in [1.807, 2.05) is 0 Å². The summed E-state index contributed by atoms with van der Waals surface area (Å²) in [6.45, 7) is 6.05. The third kappa shape index (κ3) is 2.81. The third-order valence-corrected chi connectivity index (χ3v) is 4.51. The minimum absolute atomic E-state index is 0.0881. The van der Waals surface area contributed by atoms with Gasteiger partial charge in [0.15, 0.2) is 0 Å². The van der Waals surface area contributed by atoms with Crippen molar-refractivity contribution in [1.29, 1.82) is 0 Å². The predicted octanol–water partition coefficient (Wildman–Crippen LogP) is 4.42. The summed E-state index contributed by atoms with van der Waals surface area (Å²) < 4.78 is 28.4. The average Bonchev–Trinajstić information content (AvgIpc) is 2.45. The second-order valence-electron chi connectivity index (χ2n) is 6.73. The first-order chi connectivity index (χ1) is 8.75. The Morgan fingerprint density at radius 3 is 2.42 bits per heavy atom. The van der Waals surface area contributed by atoms with Crippen molar-refractivity contribution in [2.75, 3.05) is 0 Å². The second-order valence-corrected chi connectivity index (χ2v) is 6.73. The van der Waals surface area contributed by atoms with Crippen LogP contribution in [0.3, 0.4) is 0 Å². The highest BCUT2D eigenvalue weighted by Gasteiger charge is 2.37. The summed E-state index contributed by atoms with van der Waals surface area (Å²) in [6.07, 6.45) is 4.15. The number of nitrogens with two attached hydrogens (primary N) is 1. The van der Waals surface area contributed by atoms with Crippen LogP contribution in [-0.2, 0) is 5.54 Å². The average molecular weight is 267 g/mol. The molecule has 2 N–H and O–H groups in total. The summed E-state index contributed by atoms with van der Waals surface area (Å²) in [7, 11) is 0. The molecule has 0 spiro atoms. The molecule has 0 amide bonds. The fraction of sp³-hybridized carbons (Fsp3) is 0.625. The Kier molecular flexibility index (Phi) is 3.69. The molecule has 3 heteroatoms. The molecule has 1 saturated carbocycles. The lowest BCUT2D eigenvalue weighted by Gasteiger charge is -2.30. The lowest BCUT2D eigenvalue weighted by molar-refractivity contribution is 0.293. The molecular weight excluding hydrogens is 244 g/mol. The molecule has 0 radical (unpaired) electrons. The molecule has 0 heterocycles. The molecule has 19 heavy (non-hydrogen) atoms. The van der Waals surface area contributed by atoms with E-state index in [0.717, 1.165) is 19.3 Å². The highest BCUT2D eigenvalue weighted by Crippen LogP contribution is 2.43. The Balaban J connectivity index is 2.42. The smallest absolute Gasteiger partial charge is 0.134 e. The number of hydrogen-bond acceptors (Lipinski definition) is 1. The normalized spacial score (nSPS) is 27.1. The van der Waals surface area contributed by atoms with Crippen molar-refractivity contribution in [1.82, 2.24) is 0 Å². The molecule has 2 rings (SSSR count). The van der Waals surface area contributed by atoms with E-state index in [0.29, 0.717) is 18.4 Å². The zero-order chi connectivity index (χ0) is 14.3. The Bertz CT molecular complexity index is 482. The Hall–Kier alpha value is -0.960. The van der Waals surface area contributed by atoms with Crippen LogP contribution in [0.5, 0.6) is 0 Å². The summed E-state index contributed by atoms with van der Waals surface area (Å²) in [6, 6.07) is 2.80. The molecule has 0 aliphatic heterocycles. The first kappa shape index (κ1) is 14.4. The van der Waals surface area contributed by atoms with E-state index in [-0.39, 0.29) is 11.0 Å². The van der Waals surface area contributed by atoms with E-state index < -0.39 is 17.2 Å². The molecular formula is C16H23F2N. The molecule has 0 bridgehead atoms. The van der Waals surface area contributed by atoms with Crippen molar-refractivity contribution >= 4 is 0 Å². The van der Waals surface area contributed by atoms with E-state index in [9.17, 15) is 8.78 Å². The SMILES string of the molecule is Cc1ccc(F)c(C2(N)CCCC(C)(C)CC2)c1F. The van der Waals surface area contributed by atoms with Gasteiger partial charge in [0.1, 0.15) is 11.6 Å². The van der Waals surface area contributed by atoms with Crippen LogP contribution in [0.15, 0.2) is 12.1 Å². The van der Waals surface area contributed by atoms with Gasteiger partial charge in [0.25, 0.3) is 0 Å². The molecule has 0 saturated heterocycles. The fourth-order valence-electron chi connectivity index (χ4n) is 3.06. The quantitative estimate of drug-likeness (QED) is 0.749. The molecule has 1 aromatic rings. The maximum absolute atomic E-state index is 14.3. The molecule has 1 unspecified atom stereocenters. The fourth-order valence-corrected chi connectivity index (χ4v) is 3.06. The van der Waals surface area contributed by atoms with Crippen LogP contribution in [-0.4, -0.2) is 0 Å². The summed E-state index contributed by atoms with van der Waals surface area (Å²) in [4.78, 5) is 0. The number of halogens is 2. The second kappa shape index (κ2) is 4.86. The number of benzene rings is 1. The molecule has 1 aliphatic carbocycles. The van der Waals surface area contributed by atoms with Gasteiger partial charge in [-0.15, -0.1) is 0 Å². The molecule has 0 aromatic heterocycles. The van der Waals surface area contributed by atoms with Crippen LogP contribution in [0.1, 0.15) is 57.1 Å². The van der Waals surface area contributed by atoms with Gasteiger partial charge in [-0.05, 0) is 49.7 Å². The first-order valence-electron chi connectivity index (χ1n) is 6.99. The van der Waals surface area contributed by atoms with E-state index >= 15 is 0 Å². The largest absolute Gasteiger partial charge is 0.321 e. The summed E-state index contributed by atoms with van der Waals surface area (Å²) in [5.41, 5.74) is 6.28. The number of aryl methyl sites for hydroxylation is 1. The highest BCUT2D eigenvalue weighted by atomic mass is 19.1. The van der Waals surface area contributed by atoms with E-state index in [1.165, 1.54) is 12.1 Å². The summed E-state index contributed by atoms with van der Waals surface area (Å²) >= 11 is 0. The van der Waals surface area contributed by atoms with Gasteiger partial charge in [0.2, 0.25) is 0 Å². The third-order valence-electron chi connectivity index (χ3n) is 4.51. The van der Waals surface area contributed by atoms with Crippen LogP contribution in [0.25, 0.3) is 0 Å². The van der Waals surface area contributed by atoms with Crippen molar-refractivity contribution in [2.24, 2.45) is 11.1 Å². The van der Waals surface area contributed by atoms with Crippen molar-refractivity contribution in [2.45, 2.75) is 58.4 Å². The van der Waals surface area contributed by atoms with Gasteiger partial charge in [-0.1, -0.05) is 26.3 Å². The van der Waals surface area contributed by atoms with Crippen LogP contribution < -0.4 is 5.73 Å². The predicted molar refractivity (Wildman–Crippen MR) is 73.8 cm³/mol. The number of rotatable bonds is 1. The topological polar surface area (TPSA) is 26.0 Å². The zero-order valence-corrected chi connectivity index (χ0v) is 12.0. The lowest BCUT2D eigenvalue weighted by Crippen LogP contribution is -2.38. The van der Waals surface area contributed by atoms with Crippen LogP contribution in [0.4, 0.5) is 8.78 Å². The minimum Gasteiger partial charge on any atom is -0.321 e. The van der Waals surface area contributed by atoms with Crippen LogP contribution >= 0.6 is 0 Å². The van der Waals surface area contributed by atoms with Crippen molar-refractivity contribution in [3.63, 3.8) is 0 Å². The van der Waals surface area contributed by atoms with Gasteiger partial charge < -0.3 is 5.73 Å². The number of hydrogen-bond donors (Lipinski definition) is 1. The van der Waals surface area contributed by atoms with E-state index in [4.69, 9.17) is 5.73 Å². The van der Waals surface area contributed by atoms with Crippen LogP contribution in [0.2, 0.25) is 0 Å². The molecule has 1 aromatic carbocycles. The Labute approximate surface area is 114 Å². The first-order valence-corrected chi connectivity index (χ1v) is 6.99. The molecule has 1 nitrogen and oxygen atoms in total. The standard InChI is InChI=1S/C16H23F2N/c1-11-5-6-12(17)13(14(11)18)16(19)8-4-7-15(2,3)9-10-16/h5-6H,4,7-10,19H2,1-3H3. The lowest BCUT2D eigenvalue weighted by atomic mass is 9.80. The Morgan fingerprint density at radius 2 is 1.74 bits per heavy atom. The van der Waals surface area contributed by atoms with Gasteiger partial charge in [-0.2, -0.15) is 0 Å². The highest BCUT2D eigenvalue weighted by molar-refractivity contribution is 5.32. The van der Waals surface area contributed by atoms with Gasteiger partial charge in [-0.3, -0.25) is 0 Å². The molecule has 1 aliphatic rings. The summed E-state index contributed by atoms with van der Waals surface area (Å²) in [5.74, 6) is -0.979. The van der Waals surface area contributed by atoms with Gasteiger partial charge >= 0.3 is 0 Å². The summed E-state index contributed by atoms with van der Waals surface area (Å²) in [5, 5.41) is 0. The Morgan fingerprint density at radius 1 is 1.05 bits per heavy atom. The van der Waals surface area contributed by atoms with Crippen molar-refractivity contribution < 1.29 is 8.78 Å². The van der Waals surface area contributed by atoms with Gasteiger partial charge in [0, 0.05) is 11.1 Å². The van der Waals surface area contributed by atoms with Gasteiger partial charge in [-0.25, -0.2) is 8.78 Å². The maximum Gasteiger partial charge on any atom is 0.134 e. The van der Waals surface area contributed by atoms with Crippen molar-refractivity contribution in [3.8, 4) is 0 Å². The minimum atomic E-state index is -0.867. The monoisotopic (exact) mass is 267 g/mol. The molecule has 106 valence electrons. The molecule has 1 atom stereocenters. The van der Waals surface area contributed by atoms with Crippen LogP contribution in [0, 0.1) is 24.0 Å². The van der Waals surface area contributed by atoms with Gasteiger partial charge in [0.05, 0.1) is 0 Å². The molecule has 1 fully saturated rings. The maximum atomic E-state index is 14.3. The van der Waals surface area contributed by atoms with E-state index in [1.54, 1.807) is 6.92 Å². The zero-order valence-electron chi connectivity index (χ0n) is 12.0. The van der Waals surface area contributed by atoms with Crippen molar-refractivity contribution in [3.05, 3.63) is 34.9 Å². The van der Waals surface area contributed by atoms with E-state index in [2.05, 4.69) is 13.8 Å².